The van der Waals surface area contributed by atoms with Crippen molar-refractivity contribution in [1.29, 1.82) is 0 Å². The van der Waals surface area contributed by atoms with Gasteiger partial charge in [-0.3, -0.25) is 10.1 Å². The van der Waals surface area contributed by atoms with E-state index in [0.717, 1.165) is 11.8 Å². The second-order valence-corrected chi connectivity index (χ2v) is 4.35. The molecule has 1 N–H and O–H groups in total. The van der Waals surface area contributed by atoms with Crippen molar-refractivity contribution in [1.82, 2.24) is 4.57 Å². The van der Waals surface area contributed by atoms with E-state index in [1.807, 2.05) is 30.3 Å². The van der Waals surface area contributed by atoms with Crippen LogP contribution < -0.4 is 4.74 Å². The molecule has 0 aliphatic carbocycles. The summed E-state index contributed by atoms with van der Waals surface area (Å²) in [6.45, 7) is 0.733. The zero-order chi connectivity index (χ0) is 15.2. The van der Waals surface area contributed by atoms with E-state index in [4.69, 9.17) is 9.84 Å². The SMILES string of the molecule is O=C(O)c1cc([N+](=O)[O-])cn1CCCOc1ccccc1. The van der Waals surface area contributed by atoms with Crippen LogP contribution in [0.3, 0.4) is 0 Å². The number of carboxylic acid groups (broad SMARTS) is 1. The van der Waals surface area contributed by atoms with Crippen LogP contribution in [0.5, 0.6) is 5.75 Å². The number of para-hydroxylation sites is 1. The molecule has 0 unspecified atom stereocenters. The van der Waals surface area contributed by atoms with Gasteiger partial charge < -0.3 is 14.4 Å². The van der Waals surface area contributed by atoms with Gasteiger partial charge in [-0.1, -0.05) is 18.2 Å². The lowest BCUT2D eigenvalue weighted by molar-refractivity contribution is -0.384. The Morgan fingerprint density at radius 1 is 1.33 bits per heavy atom. The molecule has 0 saturated carbocycles. The minimum absolute atomic E-state index is 0.0959. The minimum Gasteiger partial charge on any atom is -0.494 e. The van der Waals surface area contributed by atoms with Crippen LogP contribution in [0.4, 0.5) is 5.69 Å². The molecule has 110 valence electrons. The first kappa shape index (κ1) is 14.6. The Morgan fingerprint density at radius 2 is 2.05 bits per heavy atom. The van der Waals surface area contributed by atoms with Crippen LogP contribution in [0.15, 0.2) is 42.6 Å². The van der Waals surface area contributed by atoms with Crippen molar-refractivity contribution in [3.8, 4) is 5.75 Å². The summed E-state index contributed by atoms with van der Waals surface area (Å²) in [5.74, 6) is -0.457. The molecule has 0 saturated heterocycles. The highest BCUT2D eigenvalue weighted by Crippen LogP contribution is 2.17. The van der Waals surface area contributed by atoms with Crippen molar-refractivity contribution in [3.63, 3.8) is 0 Å². The molecule has 0 spiro atoms. The average molecular weight is 290 g/mol. The number of carboxylic acids is 1. The van der Waals surface area contributed by atoms with Crippen LogP contribution in [-0.2, 0) is 6.54 Å². The van der Waals surface area contributed by atoms with Crippen LogP contribution in [0.2, 0.25) is 0 Å². The summed E-state index contributed by atoms with van der Waals surface area (Å²) in [5, 5.41) is 19.7. The fourth-order valence-corrected chi connectivity index (χ4v) is 1.90. The fourth-order valence-electron chi connectivity index (χ4n) is 1.90. The Kier molecular flexibility index (Phi) is 4.55. The first-order valence-electron chi connectivity index (χ1n) is 6.33. The summed E-state index contributed by atoms with van der Waals surface area (Å²) in [7, 11) is 0. The van der Waals surface area contributed by atoms with Crippen LogP contribution in [0.1, 0.15) is 16.9 Å². The molecule has 1 aromatic heterocycles. The van der Waals surface area contributed by atoms with Crippen LogP contribution in [0.25, 0.3) is 0 Å². The predicted octanol–water partition coefficient (Wildman–Crippen LogP) is 2.56. The minimum atomic E-state index is -1.19. The molecule has 7 nitrogen and oxygen atoms in total. The van der Waals surface area contributed by atoms with Crippen LogP contribution in [-0.4, -0.2) is 27.2 Å². The summed E-state index contributed by atoms with van der Waals surface area (Å²) in [6, 6.07) is 10.3. The summed E-state index contributed by atoms with van der Waals surface area (Å²) in [5.41, 5.74) is -0.321. The van der Waals surface area contributed by atoms with E-state index in [2.05, 4.69) is 0 Å². The van der Waals surface area contributed by atoms with E-state index < -0.39 is 10.9 Å². The van der Waals surface area contributed by atoms with Gasteiger partial charge in [0.15, 0.2) is 0 Å². The molecular weight excluding hydrogens is 276 g/mol. The van der Waals surface area contributed by atoms with Gasteiger partial charge in [0.25, 0.3) is 5.69 Å². The Morgan fingerprint density at radius 3 is 2.67 bits per heavy atom. The number of aryl methyl sites for hydroxylation is 1. The van der Waals surface area contributed by atoms with Crippen LogP contribution in [0, 0.1) is 10.1 Å². The quantitative estimate of drug-likeness (QED) is 0.480. The highest BCUT2D eigenvalue weighted by atomic mass is 16.6. The normalized spacial score (nSPS) is 10.3. The van der Waals surface area contributed by atoms with Crippen molar-refractivity contribution in [2.24, 2.45) is 0 Å². The molecule has 0 fully saturated rings. The zero-order valence-electron chi connectivity index (χ0n) is 11.1. The first-order valence-corrected chi connectivity index (χ1v) is 6.33. The highest BCUT2D eigenvalue weighted by Gasteiger charge is 2.18. The predicted molar refractivity (Wildman–Crippen MR) is 74.6 cm³/mol. The Bertz CT molecular complexity index is 636. The molecule has 0 amide bonds. The number of ether oxygens (including phenoxy) is 1. The number of hydrogen-bond donors (Lipinski definition) is 1. The number of rotatable bonds is 7. The lowest BCUT2D eigenvalue weighted by atomic mass is 10.3. The third kappa shape index (κ3) is 3.82. The average Bonchev–Trinajstić information content (AvgIpc) is 2.89. The molecule has 2 rings (SSSR count). The number of nitrogens with zero attached hydrogens (tertiary/aromatic N) is 2. The van der Waals surface area contributed by atoms with E-state index in [1.165, 1.54) is 10.8 Å². The van der Waals surface area contributed by atoms with Gasteiger partial charge in [-0.15, -0.1) is 0 Å². The number of aromatic carboxylic acids is 1. The number of aromatic nitrogens is 1. The van der Waals surface area contributed by atoms with Gasteiger partial charge in [-0.25, -0.2) is 4.79 Å². The summed E-state index contributed by atoms with van der Waals surface area (Å²) in [4.78, 5) is 21.1. The molecule has 0 aliphatic heterocycles. The molecule has 0 atom stereocenters. The smallest absolute Gasteiger partial charge is 0.352 e. The maximum absolute atomic E-state index is 11.0. The van der Waals surface area contributed by atoms with Crippen molar-refractivity contribution in [2.45, 2.75) is 13.0 Å². The molecule has 2 aromatic rings. The molecule has 0 aliphatic rings. The second-order valence-electron chi connectivity index (χ2n) is 4.35. The monoisotopic (exact) mass is 290 g/mol. The summed E-state index contributed by atoms with van der Waals surface area (Å²) < 4.78 is 6.84. The van der Waals surface area contributed by atoms with Crippen molar-refractivity contribution >= 4 is 11.7 Å². The van der Waals surface area contributed by atoms with E-state index >= 15 is 0 Å². The number of carbonyl (C=O) groups is 1. The molecule has 1 aromatic carbocycles. The number of hydrogen-bond acceptors (Lipinski definition) is 4. The molecule has 7 heteroatoms. The van der Waals surface area contributed by atoms with Gasteiger partial charge in [0.1, 0.15) is 11.4 Å². The van der Waals surface area contributed by atoms with Crippen molar-refractivity contribution < 1.29 is 19.6 Å². The van der Waals surface area contributed by atoms with Crippen LogP contribution >= 0.6 is 0 Å². The number of benzene rings is 1. The first-order chi connectivity index (χ1) is 10.1. The molecule has 21 heavy (non-hydrogen) atoms. The third-order valence-electron chi connectivity index (χ3n) is 2.87. The summed E-state index contributed by atoms with van der Waals surface area (Å²) in [6.07, 6.45) is 1.77. The number of nitro groups is 1. The van der Waals surface area contributed by atoms with Gasteiger partial charge >= 0.3 is 5.97 Å². The summed E-state index contributed by atoms with van der Waals surface area (Å²) >= 11 is 0. The fraction of sp³-hybridized carbons (Fsp3) is 0.214. The molecule has 1 heterocycles. The Balaban J connectivity index is 1.93. The van der Waals surface area contributed by atoms with Crippen molar-refractivity contribution in [3.05, 3.63) is 58.4 Å². The van der Waals surface area contributed by atoms with Gasteiger partial charge in [-0.05, 0) is 18.6 Å². The second kappa shape index (κ2) is 6.56. The third-order valence-corrected chi connectivity index (χ3v) is 2.87. The van der Waals surface area contributed by atoms with E-state index in [1.54, 1.807) is 0 Å². The largest absolute Gasteiger partial charge is 0.494 e. The van der Waals surface area contributed by atoms with Gasteiger partial charge in [0, 0.05) is 12.6 Å². The van der Waals surface area contributed by atoms with Crippen molar-refractivity contribution in [2.75, 3.05) is 6.61 Å². The Labute approximate surface area is 120 Å². The maximum atomic E-state index is 11.0. The molecule has 0 bridgehead atoms. The zero-order valence-corrected chi connectivity index (χ0v) is 11.1. The standard InChI is InChI=1S/C14H14N2O5/c17-14(18)13-9-11(16(19)20)10-15(13)7-4-8-21-12-5-2-1-3-6-12/h1-3,5-6,9-10H,4,7-8H2,(H,17,18). The van der Waals surface area contributed by atoms with E-state index in [-0.39, 0.29) is 11.4 Å². The van der Waals surface area contributed by atoms with Gasteiger partial charge in [0.05, 0.1) is 17.7 Å². The lowest BCUT2D eigenvalue weighted by Crippen LogP contribution is -2.10. The van der Waals surface area contributed by atoms with E-state index in [9.17, 15) is 14.9 Å². The maximum Gasteiger partial charge on any atom is 0.352 e. The lowest BCUT2D eigenvalue weighted by Gasteiger charge is -2.07. The van der Waals surface area contributed by atoms with Gasteiger partial charge in [0.2, 0.25) is 0 Å². The topological polar surface area (TPSA) is 94.6 Å². The van der Waals surface area contributed by atoms with E-state index in [0.29, 0.717) is 19.6 Å². The van der Waals surface area contributed by atoms with Gasteiger partial charge in [-0.2, -0.15) is 0 Å². The Hall–Kier alpha value is -2.83. The molecular formula is C14H14N2O5. The highest BCUT2D eigenvalue weighted by molar-refractivity contribution is 5.86. The molecule has 0 radical (unpaired) electrons.